The molecule has 112 valence electrons. The second-order valence-corrected chi connectivity index (χ2v) is 6.41. The molecule has 0 saturated heterocycles. The van der Waals surface area contributed by atoms with Crippen LogP contribution in [0.3, 0.4) is 0 Å². The Balaban J connectivity index is 1.87. The maximum Gasteiger partial charge on any atom is 0.326 e. The van der Waals surface area contributed by atoms with E-state index in [9.17, 15) is 4.79 Å². The molecule has 1 saturated carbocycles. The molecule has 1 N–H and O–H groups in total. The van der Waals surface area contributed by atoms with Gasteiger partial charge in [-0.1, -0.05) is 0 Å². The van der Waals surface area contributed by atoms with E-state index in [4.69, 9.17) is 4.74 Å². The van der Waals surface area contributed by atoms with Crippen molar-refractivity contribution in [3.63, 3.8) is 0 Å². The van der Waals surface area contributed by atoms with E-state index < -0.39 is 5.54 Å². The minimum absolute atomic E-state index is 0.145. The summed E-state index contributed by atoms with van der Waals surface area (Å²) in [6, 6.07) is 0.475. The number of halogens is 1. The van der Waals surface area contributed by atoms with E-state index in [0.29, 0.717) is 12.6 Å². The molecular formula is C14H22BrN3O2. The van der Waals surface area contributed by atoms with Crippen LogP contribution in [0.1, 0.15) is 39.5 Å². The number of esters is 1. The zero-order valence-electron chi connectivity index (χ0n) is 12.1. The summed E-state index contributed by atoms with van der Waals surface area (Å²) in [6.45, 7) is 5.01. The molecule has 0 spiro atoms. The van der Waals surface area contributed by atoms with Crippen LogP contribution >= 0.6 is 15.9 Å². The van der Waals surface area contributed by atoms with Crippen LogP contribution in [-0.2, 0) is 16.1 Å². The number of carbonyl (C=O) groups is 1. The van der Waals surface area contributed by atoms with Crippen molar-refractivity contribution in [2.45, 2.75) is 57.7 Å². The smallest absolute Gasteiger partial charge is 0.326 e. The monoisotopic (exact) mass is 343 g/mol. The largest absolute Gasteiger partial charge is 0.465 e. The van der Waals surface area contributed by atoms with Crippen LogP contribution in [0.2, 0.25) is 0 Å². The number of ether oxygens (including phenoxy) is 1. The molecule has 1 aromatic heterocycles. The number of aryl methyl sites for hydroxylation is 1. The molecule has 0 radical (unpaired) electrons. The molecule has 5 nitrogen and oxygen atoms in total. The first-order chi connectivity index (χ1) is 9.53. The lowest BCUT2D eigenvalue weighted by atomic mass is 9.95. The highest BCUT2D eigenvalue weighted by molar-refractivity contribution is 9.10. The van der Waals surface area contributed by atoms with E-state index >= 15 is 0 Å². The average Bonchev–Trinajstić information content (AvgIpc) is 3.10. The number of hydrogen-bond donors (Lipinski definition) is 1. The van der Waals surface area contributed by atoms with Gasteiger partial charge in [-0.3, -0.25) is 14.8 Å². The minimum Gasteiger partial charge on any atom is -0.465 e. The molecule has 1 unspecified atom stereocenters. The summed E-state index contributed by atoms with van der Waals surface area (Å²) in [4.78, 5) is 12.2. The van der Waals surface area contributed by atoms with Crippen molar-refractivity contribution in [1.82, 2.24) is 15.1 Å². The van der Waals surface area contributed by atoms with E-state index in [1.54, 1.807) is 6.20 Å². The Hall–Kier alpha value is -0.880. The van der Waals surface area contributed by atoms with E-state index in [2.05, 4.69) is 26.3 Å². The maximum absolute atomic E-state index is 12.2. The van der Waals surface area contributed by atoms with E-state index in [1.165, 1.54) is 0 Å². The van der Waals surface area contributed by atoms with E-state index in [1.807, 2.05) is 24.7 Å². The fraction of sp³-hybridized carbons (Fsp3) is 0.714. The van der Waals surface area contributed by atoms with E-state index in [-0.39, 0.29) is 5.97 Å². The van der Waals surface area contributed by atoms with Crippen LogP contribution in [0.5, 0.6) is 0 Å². The number of nitrogens with one attached hydrogen (secondary N) is 1. The van der Waals surface area contributed by atoms with Gasteiger partial charge < -0.3 is 4.74 Å². The standard InChI is InChI=1S/C14H22BrN3O2/c1-3-20-13(19)14(2,17-12-5-6-12)7-4-8-18-10-11(15)9-16-18/h9-10,12,17H,3-8H2,1-2H3. The van der Waals surface area contributed by atoms with Crippen molar-refractivity contribution in [3.05, 3.63) is 16.9 Å². The molecule has 0 aromatic carbocycles. The first kappa shape index (κ1) is 15.5. The van der Waals surface area contributed by atoms with Gasteiger partial charge in [0.2, 0.25) is 0 Å². The molecule has 0 aliphatic heterocycles. The van der Waals surface area contributed by atoms with Gasteiger partial charge in [0.15, 0.2) is 0 Å². The number of rotatable bonds is 8. The summed E-state index contributed by atoms with van der Waals surface area (Å²) in [7, 11) is 0. The number of nitrogens with zero attached hydrogens (tertiary/aromatic N) is 2. The number of aromatic nitrogens is 2. The highest BCUT2D eigenvalue weighted by Gasteiger charge is 2.39. The molecule has 0 bridgehead atoms. The van der Waals surface area contributed by atoms with Crippen molar-refractivity contribution in [2.24, 2.45) is 0 Å². The van der Waals surface area contributed by atoms with Gasteiger partial charge in [0, 0.05) is 18.8 Å². The van der Waals surface area contributed by atoms with Gasteiger partial charge in [0.05, 0.1) is 17.3 Å². The highest BCUT2D eigenvalue weighted by atomic mass is 79.9. The van der Waals surface area contributed by atoms with Gasteiger partial charge >= 0.3 is 5.97 Å². The van der Waals surface area contributed by atoms with Crippen LogP contribution in [0.15, 0.2) is 16.9 Å². The van der Waals surface area contributed by atoms with Gasteiger partial charge in [0.25, 0.3) is 0 Å². The van der Waals surface area contributed by atoms with Crippen molar-refractivity contribution in [3.8, 4) is 0 Å². The van der Waals surface area contributed by atoms with Gasteiger partial charge in [-0.05, 0) is 55.5 Å². The third kappa shape index (κ3) is 4.31. The van der Waals surface area contributed by atoms with Crippen molar-refractivity contribution in [1.29, 1.82) is 0 Å². The molecule has 1 fully saturated rings. The topological polar surface area (TPSA) is 56.2 Å². The Morgan fingerprint density at radius 1 is 1.65 bits per heavy atom. The number of carbonyl (C=O) groups excluding carboxylic acids is 1. The van der Waals surface area contributed by atoms with Gasteiger partial charge in [-0.2, -0.15) is 5.10 Å². The van der Waals surface area contributed by atoms with Crippen molar-refractivity contribution >= 4 is 21.9 Å². The second kappa shape index (κ2) is 6.72. The van der Waals surface area contributed by atoms with Gasteiger partial charge in [0.1, 0.15) is 5.54 Å². The van der Waals surface area contributed by atoms with Gasteiger partial charge in [-0.15, -0.1) is 0 Å². The Kier molecular flexibility index (Phi) is 5.21. The fourth-order valence-corrected chi connectivity index (χ4v) is 2.58. The molecule has 6 heteroatoms. The predicted molar refractivity (Wildman–Crippen MR) is 80.4 cm³/mol. The van der Waals surface area contributed by atoms with Gasteiger partial charge in [-0.25, -0.2) is 0 Å². The molecule has 1 heterocycles. The SMILES string of the molecule is CCOC(=O)C(C)(CCCn1cc(Br)cn1)NC1CC1. The van der Waals surface area contributed by atoms with E-state index in [0.717, 1.165) is 36.7 Å². The minimum atomic E-state index is -0.582. The molecule has 1 aliphatic carbocycles. The Labute approximate surface area is 128 Å². The first-order valence-corrected chi connectivity index (χ1v) is 7.95. The molecule has 2 rings (SSSR count). The highest BCUT2D eigenvalue weighted by Crippen LogP contribution is 2.26. The molecule has 1 aliphatic rings. The fourth-order valence-electron chi connectivity index (χ4n) is 2.26. The first-order valence-electron chi connectivity index (χ1n) is 7.16. The van der Waals surface area contributed by atoms with Crippen molar-refractivity contribution < 1.29 is 9.53 Å². The molecule has 20 heavy (non-hydrogen) atoms. The lowest BCUT2D eigenvalue weighted by Gasteiger charge is -2.28. The second-order valence-electron chi connectivity index (χ2n) is 5.50. The molecule has 1 aromatic rings. The summed E-state index contributed by atoms with van der Waals surface area (Å²) < 4.78 is 8.07. The molecular weight excluding hydrogens is 322 g/mol. The summed E-state index contributed by atoms with van der Waals surface area (Å²) in [6.07, 6.45) is 7.65. The Bertz CT molecular complexity index is 459. The average molecular weight is 344 g/mol. The van der Waals surface area contributed by atoms with Crippen LogP contribution in [0.4, 0.5) is 0 Å². The summed E-state index contributed by atoms with van der Waals surface area (Å²) in [5.41, 5.74) is -0.582. The third-order valence-corrected chi connectivity index (χ3v) is 3.90. The van der Waals surface area contributed by atoms with Crippen LogP contribution in [0.25, 0.3) is 0 Å². The normalized spacial score (nSPS) is 17.8. The zero-order valence-corrected chi connectivity index (χ0v) is 13.6. The molecule has 0 amide bonds. The third-order valence-electron chi connectivity index (χ3n) is 3.49. The van der Waals surface area contributed by atoms with Crippen LogP contribution in [-0.4, -0.2) is 33.9 Å². The lowest BCUT2D eigenvalue weighted by molar-refractivity contribution is -0.151. The molecule has 1 atom stereocenters. The van der Waals surface area contributed by atoms with Crippen LogP contribution in [0, 0.1) is 0 Å². The summed E-state index contributed by atoms with van der Waals surface area (Å²) >= 11 is 3.38. The maximum atomic E-state index is 12.2. The summed E-state index contributed by atoms with van der Waals surface area (Å²) in [5.74, 6) is -0.145. The summed E-state index contributed by atoms with van der Waals surface area (Å²) in [5, 5.41) is 7.65. The zero-order chi connectivity index (χ0) is 14.6. The van der Waals surface area contributed by atoms with Crippen molar-refractivity contribution in [2.75, 3.05) is 6.61 Å². The predicted octanol–water partition coefficient (Wildman–Crippen LogP) is 2.50. The Morgan fingerprint density at radius 3 is 2.95 bits per heavy atom. The van der Waals surface area contributed by atoms with Crippen LogP contribution < -0.4 is 5.32 Å². The Morgan fingerprint density at radius 2 is 2.40 bits per heavy atom. The number of hydrogen-bond acceptors (Lipinski definition) is 4. The lowest BCUT2D eigenvalue weighted by Crippen LogP contribution is -2.51. The quantitative estimate of drug-likeness (QED) is 0.737.